The van der Waals surface area contributed by atoms with E-state index in [4.69, 9.17) is 4.74 Å². The van der Waals surface area contributed by atoms with Gasteiger partial charge in [-0.15, -0.1) is 0 Å². The summed E-state index contributed by atoms with van der Waals surface area (Å²) in [5, 5.41) is 3.32. The predicted molar refractivity (Wildman–Crippen MR) is 74.9 cm³/mol. The highest BCUT2D eigenvalue weighted by molar-refractivity contribution is 6.10. The molecule has 1 aliphatic heterocycles. The highest BCUT2D eigenvalue weighted by Crippen LogP contribution is 2.34. The fraction of sp³-hybridized carbons (Fsp3) is 0.118. The number of carbonyl (C=O) groups is 1. The molecular formula is C17H13NO2. The van der Waals surface area contributed by atoms with Crippen molar-refractivity contribution in [3.05, 3.63) is 82.7 Å². The first-order valence-electron chi connectivity index (χ1n) is 6.67. The van der Waals surface area contributed by atoms with Crippen LogP contribution in [0.1, 0.15) is 27.7 Å². The van der Waals surface area contributed by atoms with Crippen molar-refractivity contribution in [2.75, 3.05) is 0 Å². The summed E-state index contributed by atoms with van der Waals surface area (Å²) in [7, 11) is 0. The van der Waals surface area contributed by atoms with Crippen LogP contribution < -0.4 is 5.32 Å². The molecule has 1 atom stereocenters. The van der Waals surface area contributed by atoms with E-state index in [2.05, 4.69) is 5.32 Å². The number of ketones is 1. The van der Waals surface area contributed by atoms with E-state index in [1.807, 2.05) is 54.6 Å². The second-order valence-electron chi connectivity index (χ2n) is 5.02. The Morgan fingerprint density at radius 2 is 1.75 bits per heavy atom. The van der Waals surface area contributed by atoms with Crippen LogP contribution in [0.4, 0.5) is 0 Å². The molecule has 20 heavy (non-hydrogen) atoms. The van der Waals surface area contributed by atoms with Gasteiger partial charge in [0.05, 0.1) is 5.70 Å². The first-order chi connectivity index (χ1) is 9.83. The summed E-state index contributed by atoms with van der Waals surface area (Å²) in [4.78, 5) is 12.5. The van der Waals surface area contributed by atoms with Crippen LogP contribution in [-0.4, -0.2) is 5.78 Å². The molecule has 0 radical (unpaired) electrons. The number of hydrogen-bond acceptors (Lipinski definition) is 3. The maximum Gasteiger partial charge on any atom is 0.229 e. The van der Waals surface area contributed by atoms with Crippen LogP contribution in [0.5, 0.6) is 0 Å². The van der Waals surface area contributed by atoms with E-state index in [0.717, 1.165) is 28.8 Å². The fourth-order valence-corrected chi connectivity index (χ4v) is 2.75. The summed E-state index contributed by atoms with van der Waals surface area (Å²) >= 11 is 0. The van der Waals surface area contributed by atoms with Gasteiger partial charge >= 0.3 is 0 Å². The van der Waals surface area contributed by atoms with Crippen LogP contribution in [0.2, 0.25) is 0 Å². The van der Waals surface area contributed by atoms with Gasteiger partial charge in [-0.2, -0.15) is 0 Å². The Morgan fingerprint density at radius 1 is 1.00 bits per heavy atom. The molecule has 1 heterocycles. The SMILES string of the molecule is O=C1C2=C(Cc3ccccc31)NC(c1ccccc1)O2. The second kappa shape index (κ2) is 4.23. The van der Waals surface area contributed by atoms with Crippen molar-refractivity contribution in [2.45, 2.75) is 12.6 Å². The van der Waals surface area contributed by atoms with E-state index in [9.17, 15) is 4.79 Å². The molecule has 0 fully saturated rings. The molecule has 1 aliphatic carbocycles. The lowest BCUT2D eigenvalue weighted by molar-refractivity contribution is 0.0820. The van der Waals surface area contributed by atoms with Gasteiger partial charge in [-0.25, -0.2) is 0 Å². The lowest BCUT2D eigenvalue weighted by atomic mass is 9.93. The maximum atomic E-state index is 12.5. The summed E-state index contributed by atoms with van der Waals surface area (Å²) in [6.45, 7) is 0. The minimum absolute atomic E-state index is 0.0206. The van der Waals surface area contributed by atoms with Gasteiger partial charge in [0.2, 0.25) is 5.78 Å². The van der Waals surface area contributed by atoms with Gasteiger partial charge in [0.1, 0.15) is 0 Å². The van der Waals surface area contributed by atoms with Crippen LogP contribution >= 0.6 is 0 Å². The van der Waals surface area contributed by atoms with Gasteiger partial charge in [-0.3, -0.25) is 4.79 Å². The van der Waals surface area contributed by atoms with Gasteiger partial charge in [-0.1, -0.05) is 54.6 Å². The topological polar surface area (TPSA) is 38.3 Å². The van der Waals surface area contributed by atoms with Gasteiger partial charge < -0.3 is 10.1 Å². The number of fused-ring (bicyclic) bond motifs is 1. The van der Waals surface area contributed by atoms with E-state index in [-0.39, 0.29) is 12.0 Å². The van der Waals surface area contributed by atoms with Crippen molar-refractivity contribution in [1.82, 2.24) is 5.32 Å². The summed E-state index contributed by atoms with van der Waals surface area (Å²) in [6, 6.07) is 17.6. The minimum Gasteiger partial charge on any atom is -0.461 e. The molecule has 4 rings (SSSR count). The zero-order chi connectivity index (χ0) is 13.5. The minimum atomic E-state index is -0.264. The Bertz CT molecular complexity index is 719. The van der Waals surface area contributed by atoms with Crippen molar-refractivity contribution in [1.29, 1.82) is 0 Å². The van der Waals surface area contributed by atoms with E-state index in [0.29, 0.717) is 5.76 Å². The number of Topliss-reactive ketones (excluding diaryl/α,β-unsaturated/α-hetero) is 1. The molecule has 2 aromatic rings. The van der Waals surface area contributed by atoms with Crippen molar-refractivity contribution < 1.29 is 9.53 Å². The zero-order valence-electron chi connectivity index (χ0n) is 10.8. The highest BCUT2D eigenvalue weighted by atomic mass is 16.5. The third-order valence-electron chi connectivity index (χ3n) is 3.75. The molecule has 1 unspecified atom stereocenters. The van der Waals surface area contributed by atoms with E-state index in [1.165, 1.54) is 0 Å². The fourth-order valence-electron chi connectivity index (χ4n) is 2.75. The lowest BCUT2D eigenvalue weighted by Crippen LogP contribution is -2.19. The number of rotatable bonds is 1. The number of carbonyl (C=O) groups excluding carboxylic acids is 1. The molecule has 0 amide bonds. The third kappa shape index (κ3) is 1.63. The summed E-state index contributed by atoms with van der Waals surface area (Å²) < 4.78 is 5.84. The van der Waals surface area contributed by atoms with Crippen molar-refractivity contribution >= 4 is 5.78 Å². The molecule has 2 aromatic carbocycles. The quantitative estimate of drug-likeness (QED) is 0.859. The summed E-state index contributed by atoms with van der Waals surface area (Å²) in [5.74, 6) is 0.449. The van der Waals surface area contributed by atoms with Gasteiger partial charge in [-0.05, 0) is 5.56 Å². The van der Waals surface area contributed by atoms with Crippen LogP contribution in [0, 0.1) is 0 Å². The van der Waals surface area contributed by atoms with Gasteiger partial charge in [0.25, 0.3) is 0 Å². The Kier molecular flexibility index (Phi) is 2.39. The van der Waals surface area contributed by atoms with Crippen molar-refractivity contribution in [3.63, 3.8) is 0 Å². The van der Waals surface area contributed by atoms with Crippen LogP contribution in [0.15, 0.2) is 66.1 Å². The molecule has 0 aromatic heterocycles. The van der Waals surface area contributed by atoms with Crippen LogP contribution in [-0.2, 0) is 11.2 Å². The highest BCUT2D eigenvalue weighted by Gasteiger charge is 2.35. The van der Waals surface area contributed by atoms with Crippen molar-refractivity contribution in [3.8, 4) is 0 Å². The smallest absolute Gasteiger partial charge is 0.229 e. The van der Waals surface area contributed by atoms with E-state index >= 15 is 0 Å². The zero-order valence-corrected chi connectivity index (χ0v) is 10.8. The lowest BCUT2D eigenvalue weighted by Gasteiger charge is -2.14. The normalized spacial score (nSPS) is 20.0. The van der Waals surface area contributed by atoms with Gasteiger partial charge in [0, 0.05) is 17.5 Å². The van der Waals surface area contributed by atoms with Crippen molar-refractivity contribution in [2.24, 2.45) is 0 Å². The summed E-state index contributed by atoms with van der Waals surface area (Å²) in [6.07, 6.45) is 0.458. The summed E-state index contributed by atoms with van der Waals surface area (Å²) in [5.41, 5.74) is 3.73. The molecule has 3 heteroatoms. The third-order valence-corrected chi connectivity index (χ3v) is 3.75. The molecule has 0 bridgehead atoms. The number of hydrogen-bond donors (Lipinski definition) is 1. The predicted octanol–water partition coefficient (Wildman–Crippen LogP) is 2.96. The largest absolute Gasteiger partial charge is 0.461 e. The molecule has 0 saturated carbocycles. The van der Waals surface area contributed by atoms with Gasteiger partial charge in [0.15, 0.2) is 12.0 Å². The Labute approximate surface area is 116 Å². The van der Waals surface area contributed by atoms with Crippen LogP contribution in [0.25, 0.3) is 0 Å². The average molecular weight is 263 g/mol. The average Bonchev–Trinajstić information content (AvgIpc) is 2.93. The Hall–Kier alpha value is -2.55. The van der Waals surface area contributed by atoms with Crippen LogP contribution in [0.3, 0.4) is 0 Å². The first-order valence-corrected chi connectivity index (χ1v) is 6.67. The number of nitrogens with one attached hydrogen (secondary N) is 1. The first kappa shape index (κ1) is 11.3. The molecule has 3 nitrogen and oxygen atoms in total. The molecule has 1 N–H and O–H groups in total. The van der Waals surface area contributed by atoms with E-state index < -0.39 is 0 Å². The number of ether oxygens (including phenoxy) is 1. The second-order valence-corrected chi connectivity index (χ2v) is 5.02. The molecular weight excluding hydrogens is 250 g/mol. The molecule has 0 spiro atoms. The number of benzene rings is 2. The Balaban J connectivity index is 1.67. The standard InChI is InChI=1S/C17H13NO2/c19-15-13-9-5-4-8-12(13)10-14-16(15)20-17(18-14)11-6-2-1-3-7-11/h1-9,17-18H,10H2. The molecule has 2 aliphatic rings. The monoisotopic (exact) mass is 263 g/mol. The molecule has 98 valence electrons. The number of allylic oxidation sites excluding steroid dienone is 2. The molecule has 0 saturated heterocycles. The Morgan fingerprint density at radius 3 is 2.60 bits per heavy atom. The van der Waals surface area contributed by atoms with E-state index in [1.54, 1.807) is 0 Å². The maximum absolute atomic E-state index is 12.5.